The van der Waals surface area contributed by atoms with Gasteiger partial charge in [-0.3, -0.25) is 0 Å². The van der Waals surface area contributed by atoms with Crippen LogP contribution >= 0.6 is 11.3 Å². The van der Waals surface area contributed by atoms with Crippen LogP contribution in [0.2, 0.25) is 0 Å². The molecule has 92 valence electrons. The van der Waals surface area contributed by atoms with Crippen molar-refractivity contribution in [1.82, 2.24) is 10.3 Å². The molecule has 0 fully saturated rings. The average molecular weight is 252 g/mol. The topological polar surface area (TPSA) is 24.9 Å². The zero-order valence-corrected chi connectivity index (χ0v) is 10.2. The number of nitrogens with zero attached hydrogens (tertiary/aromatic N) is 1. The second-order valence-electron chi connectivity index (χ2n) is 3.94. The lowest BCUT2D eigenvalue weighted by Crippen LogP contribution is -2.33. The van der Waals surface area contributed by atoms with E-state index in [1.165, 1.54) is 18.3 Å². The van der Waals surface area contributed by atoms with Crippen molar-refractivity contribution < 1.29 is 13.2 Å². The third-order valence-electron chi connectivity index (χ3n) is 2.08. The molecule has 0 bridgehead atoms. The Hall–Kier alpha value is -0.620. The van der Waals surface area contributed by atoms with Crippen LogP contribution in [0.15, 0.2) is 5.38 Å². The van der Waals surface area contributed by atoms with Crippen molar-refractivity contribution in [3.63, 3.8) is 0 Å². The summed E-state index contributed by atoms with van der Waals surface area (Å²) < 4.78 is 36.3. The third kappa shape index (κ3) is 4.49. The van der Waals surface area contributed by atoms with Gasteiger partial charge < -0.3 is 5.32 Å². The van der Waals surface area contributed by atoms with Gasteiger partial charge in [-0.15, -0.1) is 11.3 Å². The van der Waals surface area contributed by atoms with Crippen LogP contribution in [0.1, 0.15) is 37.0 Å². The highest BCUT2D eigenvalue weighted by molar-refractivity contribution is 7.09. The molecule has 0 spiro atoms. The van der Waals surface area contributed by atoms with E-state index < -0.39 is 18.6 Å². The molecule has 2 nitrogen and oxygen atoms in total. The predicted octanol–water partition coefficient (Wildman–Crippen LogP) is 3.44. The van der Waals surface area contributed by atoms with E-state index in [2.05, 4.69) is 10.3 Å². The number of thiazole rings is 1. The summed E-state index contributed by atoms with van der Waals surface area (Å²) in [4.78, 5) is 4.23. The SMILES string of the molecule is Cc1csc(C(C)NC(C)CC(F)(F)F)n1. The summed E-state index contributed by atoms with van der Waals surface area (Å²) >= 11 is 1.46. The largest absolute Gasteiger partial charge is 0.390 e. The Morgan fingerprint density at radius 3 is 2.50 bits per heavy atom. The molecule has 16 heavy (non-hydrogen) atoms. The minimum Gasteiger partial charge on any atom is -0.305 e. The van der Waals surface area contributed by atoms with Gasteiger partial charge in [-0.05, 0) is 20.8 Å². The van der Waals surface area contributed by atoms with Gasteiger partial charge in [0, 0.05) is 17.1 Å². The molecule has 1 aromatic rings. The zero-order chi connectivity index (χ0) is 12.3. The lowest BCUT2D eigenvalue weighted by atomic mass is 10.2. The maximum absolute atomic E-state index is 12.1. The van der Waals surface area contributed by atoms with Gasteiger partial charge in [0.2, 0.25) is 0 Å². The monoisotopic (exact) mass is 252 g/mol. The zero-order valence-electron chi connectivity index (χ0n) is 9.43. The first kappa shape index (κ1) is 13.4. The van der Waals surface area contributed by atoms with Gasteiger partial charge in [0.25, 0.3) is 0 Å². The van der Waals surface area contributed by atoms with E-state index in [1.54, 1.807) is 0 Å². The van der Waals surface area contributed by atoms with E-state index in [0.29, 0.717) is 0 Å². The first-order valence-electron chi connectivity index (χ1n) is 5.03. The van der Waals surface area contributed by atoms with Crippen LogP contribution in [-0.4, -0.2) is 17.2 Å². The summed E-state index contributed by atoms with van der Waals surface area (Å²) in [6, 6.07) is -0.741. The quantitative estimate of drug-likeness (QED) is 0.887. The molecule has 6 heteroatoms. The third-order valence-corrected chi connectivity index (χ3v) is 3.22. The van der Waals surface area contributed by atoms with Crippen molar-refractivity contribution in [3.05, 3.63) is 16.1 Å². The van der Waals surface area contributed by atoms with Crippen LogP contribution in [0.4, 0.5) is 13.2 Å². The van der Waals surface area contributed by atoms with E-state index in [-0.39, 0.29) is 6.04 Å². The second kappa shape index (κ2) is 5.14. The Bertz CT molecular complexity index is 335. The second-order valence-corrected chi connectivity index (χ2v) is 4.83. The van der Waals surface area contributed by atoms with Crippen LogP contribution in [0.5, 0.6) is 0 Å². The molecular formula is C10H15F3N2S. The molecule has 0 saturated carbocycles. The molecule has 0 aliphatic heterocycles. The van der Waals surface area contributed by atoms with Crippen LogP contribution in [0.3, 0.4) is 0 Å². The molecule has 1 heterocycles. The molecule has 0 aliphatic carbocycles. The van der Waals surface area contributed by atoms with E-state index in [9.17, 15) is 13.2 Å². The van der Waals surface area contributed by atoms with Crippen molar-refractivity contribution >= 4 is 11.3 Å². The number of hydrogen-bond donors (Lipinski definition) is 1. The Balaban J connectivity index is 2.48. The Morgan fingerprint density at radius 1 is 1.44 bits per heavy atom. The minimum atomic E-state index is -4.12. The van der Waals surface area contributed by atoms with E-state index in [1.807, 2.05) is 19.2 Å². The minimum absolute atomic E-state index is 0.143. The number of halogens is 3. The molecule has 0 aromatic carbocycles. The normalized spacial score (nSPS) is 16.1. The van der Waals surface area contributed by atoms with Crippen molar-refractivity contribution in [3.8, 4) is 0 Å². The molecule has 2 unspecified atom stereocenters. The number of hydrogen-bond acceptors (Lipinski definition) is 3. The number of aromatic nitrogens is 1. The maximum atomic E-state index is 12.1. The fourth-order valence-corrected chi connectivity index (χ4v) is 2.29. The molecule has 1 N–H and O–H groups in total. The van der Waals surface area contributed by atoms with Crippen molar-refractivity contribution in [2.45, 2.75) is 45.5 Å². The summed E-state index contributed by atoms with van der Waals surface area (Å²) in [5, 5.41) is 5.61. The Morgan fingerprint density at radius 2 is 2.06 bits per heavy atom. The number of nitrogens with one attached hydrogen (secondary N) is 1. The van der Waals surface area contributed by atoms with Gasteiger partial charge in [-0.1, -0.05) is 0 Å². The highest BCUT2D eigenvalue weighted by Crippen LogP contribution is 2.24. The molecule has 1 aromatic heterocycles. The summed E-state index contributed by atoms with van der Waals surface area (Å²) in [5.74, 6) is 0. The first-order valence-corrected chi connectivity index (χ1v) is 5.90. The van der Waals surface area contributed by atoms with Crippen molar-refractivity contribution in [1.29, 1.82) is 0 Å². The van der Waals surface area contributed by atoms with E-state index >= 15 is 0 Å². The average Bonchev–Trinajstić information content (AvgIpc) is 2.47. The van der Waals surface area contributed by atoms with Gasteiger partial charge in [0.15, 0.2) is 0 Å². The van der Waals surface area contributed by atoms with Gasteiger partial charge in [-0.25, -0.2) is 4.98 Å². The van der Waals surface area contributed by atoms with Crippen LogP contribution in [-0.2, 0) is 0 Å². The standard InChI is InChI=1S/C10H15F3N2S/c1-6(4-10(11,12)13)14-8(3)9-15-7(2)5-16-9/h5-6,8,14H,4H2,1-3H3. The molecular weight excluding hydrogens is 237 g/mol. The van der Waals surface area contributed by atoms with Gasteiger partial charge in [-0.2, -0.15) is 13.2 Å². The summed E-state index contributed by atoms with van der Waals surface area (Å²) in [6.45, 7) is 5.22. The van der Waals surface area contributed by atoms with Crippen LogP contribution in [0.25, 0.3) is 0 Å². The predicted molar refractivity (Wildman–Crippen MR) is 58.5 cm³/mol. The molecule has 0 aliphatic rings. The van der Waals surface area contributed by atoms with E-state index in [4.69, 9.17) is 0 Å². The summed E-state index contributed by atoms with van der Waals surface area (Å²) in [7, 11) is 0. The summed E-state index contributed by atoms with van der Waals surface area (Å²) in [5.41, 5.74) is 0.900. The van der Waals surface area contributed by atoms with Crippen molar-refractivity contribution in [2.75, 3.05) is 0 Å². The smallest absolute Gasteiger partial charge is 0.305 e. The number of rotatable bonds is 4. The van der Waals surface area contributed by atoms with Gasteiger partial charge in [0.1, 0.15) is 5.01 Å². The van der Waals surface area contributed by atoms with Crippen molar-refractivity contribution in [2.24, 2.45) is 0 Å². The lowest BCUT2D eigenvalue weighted by Gasteiger charge is -2.19. The molecule has 0 radical (unpaired) electrons. The fourth-order valence-electron chi connectivity index (χ4n) is 1.48. The van der Waals surface area contributed by atoms with Crippen LogP contribution < -0.4 is 5.32 Å². The van der Waals surface area contributed by atoms with Gasteiger partial charge in [0.05, 0.1) is 12.5 Å². The molecule has 1 rings (SSSR count). The Labute approximate surface area is 96.9 Å². The lowest BCUT2D eigenvalue weighted by molar-refractivity contribution is -0.139. The molecule has 0 saturated heterocycles. The fraction of sp³-hybridized carbons (Fsp3) is 0.700. The Kier molecular flexibility index (Phi) is 4.32. The highest BCUT2D eigenvalue weighted by Gasteiger charge is 2.30. The maximum Gasteiger partial charge on any atom is 0.390 e. The molecule has 0 amide bonds. The van der Waals surface area contributed by atoms with Gasteiger partial charge >= 0.3 is 6.18 Å². The molecule has 2 atom stereocenters. The highest BCUT2D eigenvalue weighted by atomic mass is 32.1. The van der Waals surface area contributed by atoms with Crippen LogP contribution in [0, 0.1) is 6.92 Å². The first-order chi connectivity index (χ1) is 7.28. The van der Waals surface area contributed by atoms with E-state index in [0.717, 1.165) is 10.7 Å². The summed E-state index contributed by atoms with van der Waals surface area (Å²) in [6.07, 6.45) is -4.94. The number of alkyl halides is 3. The number of aryl methyl sites for hydroxylation is 1.